The molecule has 25 heavy (non-hydrogen) atoms. The molecule has 0 bridgehead atoms. The summed E-state index contributed by atoms with van der Waals surface area (Å²) in [5.74, 6) is -0.185. The first-order valence-corrected chi connectivity index (χ1v) is 8.64. The highest BCUT2D eigenvalue weighted by Crippen LogP contribution is 2.24. The first-order valence-electron chi connectivity index (χ1n) is 8.64. The van der Waals surface area contributed by atoms with E-state index in [0.29, 0.717) is 23.7 Å². The number of hydrogen-bond acceptors (Lipinski definition) is 3. The number of aromatic nitrogens is 1. The Bertz CT molecular complexity index is 780. The van der Waals surface area contributed by atoms with Crippen molar-refractivity contribution in [1.29, 1.82) is 0 Å². The molecule has 0 unspecified atom stereocenters. The van der Waals surface area contributed by atoms with Crippen LogP contribution in [-0.4, -0.2) is 10.5 Å². The summed E-state index contributed by atoms with van der Waals surface area (Å²) in [6, 6.07) is 8.61. The van der Waals surface area contributed by atoms with Crippen LogP contribution in [0, 0.1) is 11.7 Å². The molecule has 0 atom stereocenters. The lowest BCUT2D eigenvalue weighted by Gasteiger charge is -2.22. The maximum atomic E-state index is 12.9. The van der Waals surface area contributed by atoms with Crippen LogP contribution in [0.4, 0.5) is 10.1 Å². The Labute approximate surface area is 145 Å². The average Bonchev–Trinajstić information content (AvgIpc) is 2.64. The molecule has 1 aliphatic carbocycles. The van der Waals surface area contributed by atoms with Crippen molar-refractivity contribution in [2.75, 3.05) is 5.43 Å². The van der Waals surface area contributed by atoms with Gasteiger partial charge < -0.3 is 4.57 Å². The zero-order valence-electron chi connectivity index (χ0n) is 14.0. The van der Waals surface area contributed by atoms with Crippen molar-refractivity contribution in [1.82, 2.24) is 9.99 Å². The van der Waals surface area contributed by atoms with Gasteiger partial charge in [0.05, 0.1) is 11.3 Å². The van der Waals surface area contributed by atoms with Crippen LogP contribution >= 0.6 is 0 Å². The van der Waals surface area contributed by atoms with Crippen molar-refractivity contribution >= 4 is 11.6 Å². The molecule has 1 saturated carbocycles. The van der Waals surface area contributed by atoms with Crippen molar-refractivity contribution in [2.45, 2.75) is 38.6 Å². The highest BCUT2D eigenvalue weighted by atomic mass is 19.1. The van der Waals surface area contributed by atoms with Gasteiger partial charge in [0.2, 0.25) is 0 Å². The molecular formula is C19H22FN3O2. The van der Waals surface area contributed by atoms with Gasteiger partial charge in [-0.15, -0.1) is 0 Å². The van der Waals surface area contributed by atoms with Gasteiger partial charge in [0.1, 0.15) is 5.82 Å². The number of hydrazine groups is 1. The van der Waals surface area contributed by atoms with Gasteiger partial charge in [0.25, 0.3) is 11.5 Å². The Kier molecular flexibility index (Phi) is 5.48. The van der Waals surface area contributed by atoms with Gasteiger partial charge in [-0.1, -0.05) is 19.3 Å². The minimum absolute atomic E-state index is 0.0892. The molecule has 132 valence electrons. The van der Waals surface area contributed by atoms with E-state index < -0.39 is 0 Å². The second kappa shape index (κ2) is 7.96. The van der Waals surface area contributed by atoms with Crippen LogP contribution in [0.25, 0.3) is 0 Å². The van der Waals surface area contributed by atoms with E-state index in [4.69, 9.17) is 0 Å². The largest absolute Gasteiger partial charge is 0.314 e. The lowest BCUT2D eigenvalue weighted by Crippen LogP contribution is -2.31. The second-order valence-corrected chi connectivity index (χ2v) is 6.50. The summed E-state index contributed by atoms with van der Waals surface area (Å²) >= 11 is 0. The van der Waals surface area contributed by atoms with Crippen molar-refractivity contribution in [3.8, 4) is 0 Å². The van der Waals surface area contributed by atoms with Crippen LogP contribution in [0.1, 0.15) is 42.5 Å². The van der Waals surface area contributed by atoms with Crippen molar-refractivity contribution < 1.29 is 9.18 Å². The van der Waals surface area contributed by atoms with Crippen LogP contribution in [0.3, 0.4) is 0 Å². The fraction of sp³-hybridized carbons (Fsp3) is 0.368. The lowest BCUT2D eigenvalue weighted by molar-refractivity contribution is 0.0961. The fourth-order valence-electron chi connectivity index (χ4n) is 3.19. The first kappa shape index (κ1) is 17.2. The summed E-state index contributed by atoms with van der Waals surface area (Å²) in [5.41, 5.74) is 6.18. The first-order chi connectivity index (χ1) is 12.1. The van der Waals surface area contributed by atoms with Crippen LogP contribution in [0.5, 0.6) is 0 Å². The predicted molar refractivity (Wildman–Crippen MR) is 94.8 cm³/mol. The van der Waals surface area contributed by atoms with Gasteiger partial charge in [-0.3, -0.25) is 20.4 Å². The third-order valence-electron chi connectivity index (χ3n) is 4.59. The van der Waals surface area contributed by atoms with Gasteiger partial charge in [0.15, 0.2) is 0 Å². The van der Waals surface area contributed by atoms with E-state index >= 15 is 0 Å². The normalized spacial score (nSPS) is 14.9. The number of halogens is 1. The standard InChI is InChI=1S/C19H22FN3O2/c20-16-7-9-17(10-8-16)21-22-19(25)15-6-11-18(24)23(13-15)12-14-4-2-1-3-5-14/h6-11,13-14,21H,1-5,12H2,(H,22,25). The van der Waals surface area contributed by atoms with Crippen LogP contribution in [-0.2, 0) is 6.54 Å². The Morgan fingerprint density at radius 2 is 1.80 bits per heavy atom. The molecule has 0 aliphatic heterocycles. The molecule has 6 heteroatoms. The summed E-state index contributed by atoms with van der Waals surface area (Å²) in [6.07, 6.45) is 7.56. The van der Waals surface area contributed by atoms with Gasteiger partial charge in [-0.25, -0.2) is 4.39 Å². The van der Waals surface area contributed by atoms with Crippen molar-refractivity contribution in [3.05, 3.63) is 64.3 Å². The Morgan fingerprint density at radius 3 is 2.52 bits per heavy atom. The van der Waals surface area contributed by atoms with E-state index in [1.165, 1.54) is 55.7 Å². The summed E-state index contributed by atoms with van der Waals surface area (Å²) in [6.45, 7) is 0.658. The number of anilines is 1. The fourth-order valence-corrected chi connectivity index (χ4v) is 3.19. The Morgan fingerprint density at radius 1 is 1.08 bits per heavy atom. The monoisotopic (exact) mass is 343 g/mol. The number of benzene rings is 1. The van der Waals surface area contributed by atoms with E-state index in [1.54, 1.807) is 10.8 Å². The highest BCUT2D eigenvalue weighted by molar-refractivity contribution is 5.94. The van der Waals surface area contributed by atoms with E-state index in [-0.39, 0.29) is 17.3 Å². The maximum Gasteiger partial charge on any atom is 0.271 e. The van der Waals surface area contributed by atoms with Crippen LogP contribution in [0.15, 0.2) is 47.4 Å². The number of pyridine rings is 1. The molecule has 0 spiro atoms. The Hall–Kier alpha value is -2.63. The number of nitrogens with zero attached hydrogens (tertiary/aromatic N) is 1. The maximum absolute atomic E-state index is 12.9. The molecule has 1 amide bonds. The second-order valence-electron chi connectivity index (χ2n) is 6.50. The molecule has 3 rings (SSSR count). The minimum atomic E-state index is -0.346. The third kappa shape index (κ3) is 4.68. The van der Waals surface area contributed by atoms with Crippen LogP contribution in [0.2, 0.25) is 0 Å². The molecular weight excluding hydrogens is 321 g/mol. The molecule has 5 nitrogen and oxygen atoms in total. The summed E-state index contributed by atoms with van der Waals surface area (Å²) in [5, 5.41) is 0. The molecule has 0 radical (unpaired) electrons. The van der Waals surface area contributed by atoms with Gasteiger partial charge in [-0.2, -0.15) is 0 Å². The molecule has 1 fully saturated rings. The predicted octanol–water partition coefficient (Wildman–Crippen LogP) is 3.32. The minimum Gasteiger partial charge on any atom is -0.314 e. The van der Waals surface area contributed by atoms with Gasteiger partial charge in [-0.05, 0) is 49.1 Å². The lowest BCUT2D eigenvalue weighted by atomic mass is 9.89. The zero-order chi connectivity index (χ0) is 17.6. The van der Waals surface area contributed by atoms with Crippen molar-refractivity contribution in [2.24, 2.45) is 5.92 Å². The molecule has 0 saturated heterocycles. The Balaban J connectivity index is 1.64. The van der Waals surface area contributed by atoms with E-state index in [9.17, 15) is 14.0 Å². The molecule has 1 aromatic carbocycles. The molecule has 1 heterocycles. The summed E-state index contributed by atoms with van der Waals surface area (Å²) in [7, 11) is 0. The number of amides is 1. The average molecular weight is 343 g/mol. The SMILES string of the molecule is O=C(NNc1ccc(F)cc1)c1ccc(=O)n(CC2CCCCC2)c1. The van der Waals surface area contributed by atoms with Crippen molar-refractivity contribution in [3.63, 3.8) is 0 Å². The van der Waals surface area contributed by atoms with Crippen LogP contribution < -0.4 is 16.4 Å². The quantitative estimate of drug-likeness (QED) is 0.819. The molecule has 2 N–H and O–H groups in total. The molecule has 1 aliphatic rings. The number of rotatable bonds is 5. The smallest absolute Gasteiger partial charge is 0.271 e. The topological polar surface area (TPSA) is 63.1 Å². The third-order valence-corrected chi connectivity index (χ3v) is 4.59. The summed E-state index contributed by atoms with van der Waals surface area (Å²) < 4.78 is 14.5. The molecule has 2 aromatic rings. The number of nitrogens with one attached hydrogen (secondary N) is 2. The zero-order valence-corrected chi connectivity index (χ0v) is 14.0. The number of carbonyl (C=O) groups excluding carboxylic acids is 1. The van der Waals surface area contributed by atoms with E-state index in [1.807, 2.05) is 0 Å². The number of carbonyl (C=O) groups is 1. The summed E-state index contributed by atoms with van der Waals surface area (Å²) in [4.78, 5) is 24.3. The van der Waals surface area contributed by atoms with E-state index in [2.05, 4.69) is 10.9 Å². The van der Waals surface area contributed by atoms with Gasteiger partial charge in [0, 0.05) is 18.8 Å². The van der Waals surface area contributed by atoms with E-state index in [0.717, 1.165) is 12.8 Å². The highest BCUT2D eigenvalue weighted by Gasteiger charge is 2.15. The molecule has 1 aromatic heterocycles. The number of hydrogen-bond donors (Lipinski definition) is 2. The van der Waals surface area contributed by atoms with Gasteiger partial charge >= 0.3 is 0 Å².